The molecule has 36 heavy (non-hydrogen) atoms. The van der Waals surface area contributed by atoms with Crippen molar-refractivity contribution in [3.05, 3.63) is 60.3 Å². The van der Waals surface area contributed by atoms with Crippen LogP contribution >= 0.6 is 0 Å². The molecular formula is C22H21N7O7. The van der Waals surface area contributed by atoms with Crippen molar-refractivity contribution >= 4 is 35.1 Å². The lowest BCUT2D eigenvalue weighted by molar-refractivity contribution is -0.0501. The Morgan fingerprint density at radius 3 is 2.72 bits per heavy atom. The van der Waals surface area contributed by atoms with Gasteiger partial charge in [0.1, 0.15) is 30.4 Å². The number of hydrazone groups is 1. The summed E-state index contributed by atoms with van der Waals surface area (Å²) in [6.07, 6.45) is -0.746. The molecular weight excluding hydrogens is 474 g/mol. The number of fused-ring (bicyclic) bond motifs is 1. The van der Waals surface area contributed by atoms with Crippen molar-refractivity contribution in [2.24, 2.45) is 5.10 Å². The van der Waals surface area contributed by atoms with Crippen LogP contribution in [0.4, 0.5) is 11.8 Å². The van der Waals surface area contributed by atoms with E-state index in [1.165, 1.54) is 29.4 Å². The molecule has 0 unspecified atom stereocenters. The van der Waals surface area contributed by atoms with Gasteiger partial charge in [-0.1, -0.05) is 0 Å². The van der Waals surface area contributed by atoms with Crippen molar-refractivity contribution < 1.29 is 34.0 Å². The smallest absolute Gasteiger partial charge is 0.379 e. The van der Waals surface area contributed by atoms with Crippen LogP contribution in [-0.4, -0.2) is 71.9 Å². The van der Waals surface area contributed by atoms with E-state index >= 15 is 0 Å². The van der Waals surface area contributed by atoms with Gasteiger partial charge in [0.15, 0.2) is 23.2 Å². The maximum atomic E-state index is 12.0. The summed E-state index contributed by atoms with van der Waals surface area (Å²) in [6, 6.07) is 9.62. The normalized spacial score (nSPS) is 21.9. The number of benzene rings is 1. The van der Waals surface area contributed by atoms with Crippen molar-refractivity contribution in [2.75, 3.05) is 17.8 Å². The standard InChI is InChI=1S/C22H21N7O7/c23-18-15-19(25-10-24-18)29(20-17(32)16(31)14(9-30)36-20)22(27-15)28-26-8-11-3-5-12(6-4-11)35-21(33)13-2-1-7-34-13/h1-8,10,14,16-17,20,30-32H,9H2,(H,27,28)(H2,23,24,25)/b26-8-/t14-,16-,17-,20-/m0/s1. The zero-order valence-electron chi connectivity index (χ0n) is 18.5. The highest BCUT2D eigenvalue weighted by molar-refractivity contribution is 5.88. The number of furan rings is 1. The highest BCUT2D eigenvalue weighted by atomic mass is 16.6. The second kappa shape index (κ2) is 9.71. The molecule has 14 nitrogen and oxygen atoms in total. The van der Waals surface area contributed by atoms with Crippen molar-refractivity contribution in [1.82, 2.24) is 19.5 Å². The number of aliphatic hydroxyl groups is 3. The van der Waals surface area contributed by atoms with Gasteiger partial charge >= 0.3 is 5.97 Å². The highest BCUT2D eigenvalue weighted by Gasteiger charge is 2.45. The zero-order chi connectivity index (χ0) is 25.2. The van der Waals surface area contributed by atoms with E-state index in [2.05, 4.69) is 25.5 Å². The predicted octanol–water partition coefficient (Wildman–Crippen LogP) is 0.278. The van der Waals surface area contributed by atoms with Crippen LogP contribution in [0.2, 0.25) is 0 Å². The van der Waals surface area contributed by atoms with Crippen molar-refractivity contribution in [2.45, 2.75) is 24.5 Å². The molecule has 0 saturated carbocycles. The number of carbonyl (C=O) groups is 1. The fraction of sp³-hybridized carbons (Fsp3) is 0.227. The van der Waals surface area contributed by atoms with Gasteiger partial charge in [0.25, 0.3) is 0 Å². The molecule has 0 radical (unpaired) electrons. The fourth-order valence-electron chi connectivity index (χ4n) is 3.68. The van der Waals surface area contributed by atoms with Gasteiger partial charge in [-0.2, -0.15) is 5.10 Å². The predicted molar refractivity (Wildman–Crippen MR) is 124 cm³/mol. The molecule has 1 aliphatic heterocycles. The molecule has 1 aliphatic rings. The Hall–Kier alpha value is -4.37. The molecule has 1 aromatic carbocycles. The molecule has 4 heterocycles. The first-order chi connectivity index (χ1) is 17.5. The van der Waals surface area contributed by atoms with Crippen LogP contribution in [0.5, 0.6) is 5.75 Å². The second-order valence-electron chi connectivity index (χ2n) is 7.77. The summed E-state index contributed by atoms with van der Waals surface area (Å²) in [5, 5.41) is 34.3. The van der Waals surface area contributed by atoms with Crippen LogP contribution in [0, 0.1) is 0 Å². The van der Waals surface area contributed by atoms with E-state index in [4.69, 9.17) is 19.6 Å². The molecule has 4 atom stereocenters. The van der Waals surface area contributed by atoms with Crippen LogP contribution in [0.25, 0.3) is 11.2 Å². The Morgan fingerprint density at radius 1 is 1.22 bits per heavy atom. The number of nitrogens with two attached hydrogens (primary N) is 1. The molecule has 0 bridgehead atoms. The average molecular weight is 495 g/mol. The fourth-order valence-corrected chi connectivity index (χ4v) is 3.68. The Bertz CT molecular complexity index is 1390. The summed E-state index contributed by atoms with van der Waals surface area (Å²) >= 11 is 0. The number of anilines is 2. The lowest BCUT2D eigenvalue weighted by Gasteiger charge is -2.18. The molecule has 3 aromatic heterocycles. The molecule has 0 aliphatic carbocycles. The monoisotopic (exact) mass is 495 g/mol. The molecule has 6 N–H and O–H groups in total. The molecule has 14 heteroatoms. The molecule has 4 aromatic rings. The third-order valence-corrected chi connectivity index (χ3v) is 5.47. The van der Waals surface area contributed by atoms with Gasteiger partial charge in [0, 0.05) is 0 Å². The Balaban J connectivity index is 1.35. The van der Waals surface area contributed by atoms with E-state index in [1.807, 2.05) is 0 Å². The number of nitrogens with zero attached hydrogens (tertiary/aromatic N) is 5. The average Bonchev–Trinajstić information content (AvgIpc) is 3.60. The Labute approximate surface area is 202 Å². The van der Waals surface area contributed by atoms with Crippen LogP contribution < -0.4 is 15.9 Å². The molecule has 1 saturated heterocycles. The quantitative estimate of drug-likeness (QED) is 0.101. The number of rotatable bonds is 7. The Morgan fingerprint density at radius 2 is 2.03 bits per heavy atom. The highest BCUT2D eigenvalue weighted by Crippen LogP contribution is 2.35. The van der Waals surface area contributed by atoms with E-state index in [1.54, 1.807) is 30.3 Å². The topological polar surface area (TPSA) is 203 Å². The molecule has 0 spiro atoms. The van der Waals surface area contributed by atoms with E-state index in [0.717, 1.165) is 0 Å². The van der Waals surface area contributed by atoms with E-state index < -0.39 is 37.1 Å². The first-order valence-corrected chi connectivity index (χ1v) is 10.7. The first-order valence-electron chi connectivity index (χ1n) is 10.7. The first kappa shape index (κ1) is 23.4. The van der Waals surface area contributed by atoms with Gasteiger partial charge in [0.05, 0.1) is 19.1 Å². The molecule has 1 fully saturated rings. The molecule has 0 amide bonds. The van der Waals surface area contributed by atoms with E-state index in [-0.39, 0.29) is 28.7 Å². The molecule has 5 rings (SSSR count). The second-order valence-corrected chi connectivity index (χ2v) is 7.77. The van der Waals surface area contributed by atoms with Crippen molar-refractivity contribution in [1.29, 1.82) is 0 Å². The molecule has 186 valence electrons. The summed E-state index contributed by atoms with van der Waals surface area (Å²) in [7, 11) is 0. The zero-order valence-corrected chi connectivity index (χ0v) is 18.5. The lowest BCUT2D eigenvalue weighted by atomic mass is 10.1. The van der Waals surface area contributed by atoms with Gasteiger partial charge in [-0.05, 0) is 42.0 Å². The number of nitrogen functional groups attached to an aromatic ring is 1. The SMILES string of the molecule is Nc1ncnc2c1nc(N/N=C\c1ccc(OC(=O)c3ccco3)cc1)n2[C@H]1O[C@@H](CO)[C@H](O)[C@@H]1O. The maximum Gasteiger partial charge on any atom is 0.379 e. The largest absolute Gasteiger partial charge is 0.457 e. The van der Waals surface area contributed by atoms with Gasteiger partial charge < -0.3 is 34.9 Å². The minimum Gasteiger partial charge on any atom is -0.457 e. The number of carbonyl (C=O) groups excluding carboxylic acids is 1. The Kier molecular flexibility index (Phi) is 6.30. The van der Waals surface area contributed by atoms with Crippen molar-refractivity contribution in [3.8, 4) is 5.75 Å². The van der Waals surface area contributed by atoms with Crippen molar-refractivity contribution in [3.63, 3.8) is 0 Å². The third-order valence-electron chi connectivity index (χ3n) is 5.47. The summed E-state index contributed by atoms with van der Waals surface area (Å²) in [6.45, 7) is -0.494. The van der Waals surface area contributed by atoms with Crippen LogP contribution in [0.3, 0.4) is 0 Å². The number of aliphatic hydroxyl groups excluding tert-OH is 3. The van der Waals surface area contributed by atoms with Gasteiger partial charge in [-0.15, -0.1) is 0 Å². The number of hydrogen-bond donors (Lipinski definition) is 5. The number of aromatic nitrogens is 4. The van der Waals surface area contributed by atoms with E-state index in [0.29, 0.717) is 11.3 Å². The van der Waals surface area contributed by atoms with Gasteiger partial charge in [0.2, 0.25) is 11.7 Å². The van der Waals surface area contributed by atoms with Crippen LogP contribution in [0.15, 0.2) is 58.5 Å². The van der Waals surface area contributed by atoms with Gasteiger partial charge in [-0.3, -0.25) is 4.57 Å². The maximum absolute atomic E-state index is 12.0. The number of ether oxygens (including phenoxy) is 2. The summed E-state index contributed by atoms with van der Waals surface area (Å²) in [4.78, 5) is 24.4. The van der Waals surface area contributed by atoms with Crippen LogP contribution in [-0.2, 0) is 4.74 Å². The van der Waals surface area contributed by atoms with Crippen LogP contribution in [0.1, 0.15) is 22.3 Å². The number of esters is 1. The third kappa shape index (κ3) is 4.36. The minimum atomic E-state index is -1.38. The number of imidazole rings is 1. The van der Waals surface area contributed by atoms with Gasteiger partial charge in [-0.25, -0.2) is 25.2 Å². The van der Waals surface area contributed by atoms with E-state index in [9.17, 15) is 20.1 Å². The lowest BCUT2D eigenvalue weighted by Crippen LogP contribution is -2.33. The summed E-state index contributed by atoms with van der Waals surface area (Å²) < 4.78 is 17.3. The number of hydrogen-bond acceptors (Lipinski definition) is 13. The summed E-state index contributed by atoms with van der Waals surface area (Å²) in [5.41, 5.74) is 9.81. The number of nitrogens with one attached hydrogen (secondary N) is 1. The summed E-state index contributed by atoms with van der Waals surface area (Å²) in [5.74, 6) is -0.00677. The minimum absolute atomic E-state index is 0.0900.